The van der Waals surface area contributed by atoms with Gasteiger partial charge < -0.3 is 5.73 Å². The Morgan fingerprint density at radius 2 is 1.85 bits per heavy atom. The van der Waals surface area contributed by atoms with Gasteiger partial charge in [0.1, 0.15) is 0 Å². The molecule has 74 valence electrons. The average molecular weight is 186 g/mol. The number of carbonyl (C=O) groups is 3. The highest BCUT2D eigenvalue weighted by molar-refractivity contribution is 6.36. The Labute approximate surface area is 76.9 Å². The van der Waals surface area contributed by atoms with Crippen molar-refractivity contribution in [3.05, 3.63) is 0 Å². The molecule has 0 aromatic heterocycles. The second kappa shape index (κ2) is 4.02. The largest absolute Gasteiger partial charge is 0.361 e. The number of hydrogen-bond donors (Lipinski definition) is 1. The maximum absolute atomic E-state index is 11.0. The highest BCUT2D eigenvalue weighted by Gasteiger charge is 2.23. The second-order valence-corrected chi connectivity index (χ2v) is 3.96. The third-order valence-electron chi connectivity index (χ3n) is 1.24. The maximum atomic E-state index is 11.0. The zero-order chi connectivity index (χ0) is 10.6. The molecule has 0 aliphatic heterocycles. The molecule has 0 aliphatic carbocycles. The van der Waals surface area contributed by atoms with Gasteiger partial charge in [0.25, 0.3) is 0 Å². The third-order valence-corrected chi connectivity index (χ3v) is 1.24. The van der Waals surface area contributed by atoms with Gasteiger partial charge in [-0.2, -0.15) is 0 Å². The molecule has 0 unspecified atom stereocenters. The zero-order valence-corrected chi connectivity index (χ0v) is 8.03. The van der Waals surface area contributed by atoms with E-state index in [1.54, 1.807) is 0 Å². The van der Waals surface area contributed by atoms with E-state index < -0.39 is 11.8 Å². The molecule has 0 fully saturated rings. The molecule has 0 heterocycles. The summed E-state index contributed by atoms with van der Waals surface area (Å²) in [5.41, 5.74) is 4.50. The van der Waals surface area contributed by atoms with Crippen molar-refractivity contribution in [1.82, 2.24) is 4.90 Å². The van der Waals surface area contributed by atoms with Gasteiger partial charge in [-0.3, -0.25) is 19.3 Å². The Bertz CT molecular complexity index is 230. The van der Waals surface area contributed by atoms with Crippen LogP contribution in [0.25, 0.3) is 0 Å². The number of hydrogen-bond acceptors (Lipinski definition) is 3. The predicted octanol–water partition coefficient (Wildman–Crippen LogP) is -0.497. The fraction of sp³-hybridized carbons (Fsp3) is 0.625. The molecule has 0 spiro atoms. The summed E-state index contributed by atoms with van der Waals surface area (Å²) >= 11 is 0. The predicted molar refractivity (Wildman–Crippen MR) is 46.4 cm³/mol. The van der Waals surface area contributed by atoms with Crippen LogP contribution in [-0.2, 0) is 14.4 Å². The Kier molecular flexibility index (Phi) is 3.59. The fourth-order valence-electron chi connectivity index (χ4n) is 0.810. The summed E-state index contributed by atoms with van der Waals surface area (Å²) in [5.74, 6) is -2.08. The Hall–Kier alpha value is -1.39. The first-order valence-corrected chi connectivity index (χ1v) is 3.83. The van der Waals surface area contributed by atoms with Gasteiger partial charge in [-0.25, -0.2) is 0 Å². The van der Waals surface area contributed by atoms with Crippen molar-refractivity contribution < 1.29 is 14.4 Å². The van der Waals surface area contributed by atoms with E-state index in [2.05, 4.69) is 0 Å². The van der Waals surface area contributed by atoms with Crippen LogP contribution in [0, 0.1) is 5.41 Å². The lowest BCUT2D eigenvalue weighted by atomic mass is 9.96. The number of imide groups is 1. The van der Waals surface area contributed by atoms with Crippen LogP contribution in [0.4, 0.5) is 0 Å². The summed E-state index contributed by atoms with van der Waals surface area (Å²) in [7, 11) is 0. The van der Waals surface area contributed by atoms with E-state index in [-0.39, 0.29) is 12.0 Å². The van der Waals surface area contributed by atoms with Gasteiger partial charge in [0.05, 0.1) is 0 Å². The fourth-order valence-corrected chi connectivity index (χ4v) is 0.810. The topological polar surface area (TPSA) is 80.5 Å². The molecule has 0 aromatic rings. The van der Waals surface area contributed by atoms with E-state index in [1.165, 1.54) is 0 Å². The van der Waals surface area contributed by atoms with Gasteiger partial charge >= 0.3 is 11.8 Å². The second-order valence-electron chi connectivity index (χ2n) is 3.96. The van der Waals surface area contributed by atoms with Gasteiger partial charge in [-0.05, 0) is 5.41 Å². The summed E-state index contributed by atoms with van der Waals surface area (Å²) in [5, 5.41) is 0. The molecule has 0 saturated carbocycles. The van der Waals surface area contributed by atoms with Gasteiger partial charge in [-0.1, -0.05) is 20.8 Å². The molecule has 5 nitrogen and oxygen atoms in total. The number of carbonyl (C=O) groups excluding carboxylic acids is 3. The minimum atomic E-state index is -1.11. The van der Waals surface area contributed by atoms with E-state index >= 15 is 0 Å². The van der Waals surface area contributed by atoms with Gasteiger partial charge in [0.15, 0.2) is 0 Å². The SMILES string of the molecule is CC(C)(C)CN(C=O)C(=O)C(N)=O. The van der Waals surface area contributed by atoms with Gasteiger partial charge in [-0.15, -0.1) is 0 Å². The maximum Gasteiger partial charge on any atom is 0.318 e. The minimum absolute atomic E-state index is 0.179. The van der Waals surface area contributed by atoms with E-state index in [4.69, 9.17) is 5.73 Å². The third kappa shape index (κ3) is 4.25. The van der Waals surface area contributed by atoms with E-state index in [0.29, 0.717) is 6.41 Å². The number of rotatable bonds is 2. The first-order valence-electron chi connectivity index (χ1n) is 3.83. The average Bonchev–Trinajstić information content (AvgIpc) is 1.97. The molecule has 3 amide bonds. The summed E-state index contributed by atoms with van der Waals surface area (Å²) in [6, 6.07) is 0. The lowest BCUT2D eigenvalue weighted by Crippen LogP contribution is -2.43. The molecule has 2 N–H and O–H groups in total. The number of nitrogens with two attached hydrogens (primary N) is 1. The van der Waals surface area contributed by atoms with Crippen LogP contribution in [0.15, 0.2) is 0 Å². The Morgan fingerprint density at radius 1 is 1.38 bits per heavy atom. The monoisotopic (exact) mass is 186 g/mol. The summed E-state index contributed by atoms with van der Waals surface area (Å²) in [6.45, 7) is 5.71. The van der Waals surface area contributed by atoms with Crippen LogP contribution in [0.2, 0.25) is 0 Å². The zero-order valence-electron chi connectivity index (χ0n) is 8.03. The van der Waals surface area contributed by atoms with Crippen molar-refractivity contribution in [1.29, 1.82) is 0 Å². The quantitative estimate of drug-likeness (QED) is 0.466. The van der Waals surface area contributed by atoms with E-state index in [0.717, 1.165) is 4.90 Å². The molecular formula is C8H14N2O3. The van der Waals surface area contributed by atoms with Crippen LogP contribution in [0.1, 0.15) is 20.8 Å². The van der Waals surface area contributed by atoms with Crippen LogP contribution in [0.3, 0.4) is 0 Å². The van der Waals surface area contributed by atoms with E-state index in [1.807, 2.05) is 20.8 Å². The smallest absolute Gasteiger partial charge is 0.318 e. The first-order chi connectivity index (χ1) is 5.78. The lowest BCUT2D eigenvalue weighted by molar-refractivity contribution is -0.148. The standard InChI is InChI=1S/C8H14N2O3/c1-8(2,3)4-10(5-11)7(13)6(9)12/h5H,4H2,1-3H3,(H2,9,12). The number of nitrogens with zero attached hydrogens (tertiary/aromatic N) is 1. The van der Waals surface area contributed by atoms with Crippen molar-refractivity contribution in [3.8, 4) is 0 Å². The molecule has 0 atom stereocenters. The minimum Gasteiger partial charge on any atom is -0.361 e. The van der Waals surface area contributed by atoms with Gasteiger partial charge in [0.2, 0.25) is 6.41 Å². The van der Waals surface area contributed by atoms with Crippen molar-refractivity contribution in [2.75, 3.05) is 6.54 Å². The molecule has 0 aromatic carbocycles. The molecule has 0 radical (unpaired) electrons. The van der Waals surface area contributed by atoms with Crippen LogP contribution in [-0.4, -0.2) is 29.7 Å². The van der Waals surface area contributed by atoms with Crippen LogP contribution in [0.5, 0.6) is 0 Å². The molecule has 0 saturated heterocycles. The molecular weight excluding hydrogens is 172 g/mol. The van der Waals surface area contributed by atoms with Crippen molar-refractivity contribution in [3.63, 3.8) is 0 Å². The molecule has 0 aliphatic rings. The lowest BCUT2D eigenvalue weighted by Gasteiger charge is -2.24. The Morgan fingerprint density at radius 3 is 2.08 bits per heavy atom. The van der Waals surface area contributed by atoms with Gasteiger partial charge in [0, 0.05) is 6.54 Å². The number of amides is 3. The van der Waals surface area contributed by atoms with Crippen molar-refractivity contribution >= 4 is 18.2 Å². The van der Waals surface area contributed by atoms with Crippen molar-refractivity contribution in [2.45, 2.75) is 20.8 Å². The van der Waals surface area contributed by atoms with Crippen LogP contribution < -0.4 is 5.73 Å². The normalized spacial score (nSPS) is 10.7. The van der Waals surface area contributed by atoms with Crippen LogP contribution >= 0.6 is 0 Å². The summed E-state index contributed by atoms with van der Waals surface area (Å²) in [6.07, 6.45) is 0.318. The molecule has 0 bridgehead atoms. The first kappa shape index (κ1) is 11.6. The van der Waals surface area contributed by atoms with E-state index in [9.17, 15) is 14.4 Å². The molecule has 5 heteroatoms. The highest BCUT2D eigenvalue weighted by atomic mass is 16.2. The Balaban J connectivity index is 4.45. The summed E-state index contributed by atoms with van der Waals surface area (Å²) < 4.78 is 0. The summed E-state index contributed by atoms with van der Waals surface area (Å²) in [4.78, 5) is 32.6. The molecule has 0 rings (SSSR count). The van der Waals surface area contributed by atoms with Crippen molar-refractivity contribution in [2.24, 2.45) is 11.1 Å². The highest BCUT2D eigenvalue weighted by Crippen LogP contribution is 2.14. The molecule has 13 heavy (non-hydrogen) atoms. The number of primary amides is 1.